The number of aliphatic carboxylic acids is 1. The normalized spacial score (nSPS) is 9.94. The lowest BCUT2D eigenvalue weighted by Gasteiger charge is -2.09. The van der Waals surface area contributed by atoms with Crippen LogP contribution in [-0.4, -0.2) is 42.6 Å². The van der Waals surface area contributed by atoms with E-state index in [1.165, 1.54) is 0 Å². The van der Waals surface area contributed by atoms with Gasteiger partial charge in [-0.25, -0.2) is 4.79 Å². The predicted molar refractivity (Wildman–Crippen MR) is 66.1 cm³/mol. The van der Waals surface area contributed by atoms with Gasteiger partial charge in [-0.15, -0.1) is 0 Å². The summed E-state index contributed by atoms with van der Waals surface area (Å²) in [5.74, 6) is -0.784. The first-order valence-electron chi connectivity index (χ1n) is 5.92. The van der Waals surface area contributed by atoms with Gasteiger partial charge >= 0.3 is 12.0 Å². The molecule has 0 fully saturated rings. The monoisotopic (exact) mass is 259 g/mol. The summed E-state index contributed by atoms with van der Waals surface area (Å²) in [4.78, 5) is 32.6. The fourth-order valence-corrected chi connectivity index (χ4v) is 1.05. The zero-order valence-electron chi connectivity index (χ0n) is 10.8. The second-order valence-corrected chi connectivity index (χ2v) is 4.30. The first-order valence-corrected chi connectivity index (χ1v) is 5.92. The van der Waals surface area contributed by atoms with E-state index in [9.17, 15) is 14.4 Å². The summed E-state index contributed by atoms with van der Waals surface area (Å²) in [6.07, 6.45) is 0.372. The van der Waals surface area contributed by atoms with Gasteiger partial charge in [0.25, 0.3) is 0 Å². The molecule has 0 saturated heterocycles. The first kappa shape index (κ1) is 16.2. The van der Waals surface area contributed by atoms with Gasteiger partial charge in [-0.05, 0) is 12.3 Å². The Hall–Kier alpha value is -1.79. The lowest BCUT2D eigenvalue weighted by atomic mass is 10.2. The molecule has 0 aromatic rings. The summed E-state index contributed by atoms with van der Waals surface area (Å²) in [6, 6.07) is -0.472. The van der Waals surface area contributed by atoms with Gasteiger partial charge in [-0.1, -0.05) is 13.8 Å². The van der Waals surface area contributed by atoms with Gasteiger partial charge in [0, 0.05) is 19.5 Å². The highest BCUT2D eigenvalue weighted by atomic mass is 16.4. The Morgan fingerprint density at radius 1 is 1.11 bits per heavy atom. The Kier molecular flexibility index (Phi) is 8.34. The standard InChI is InChI=1S/C11H21N3O4/c1-8(2)6-13-9(15)7-14-11(18)12-5-3-4-10(16)17/h8H,3-7H2,1-2H3,(H,13,15)(H,16,17)(H2,12,14,18). The van der Waals surface area contributed by atoms with E-state index in [4.69, 9.17) is 5.11 Å². The first-order chi connectivity index (χ1) is 8.41. The quantitative estimate of drug-likeness (QED) is 0.457. The highest BCUT2D eigenvalue weighted by molar-refractivity contribution is 5.83. The molecule has 0 heterocycles. The van der Waals surface area contributed by atoms with Crippen molar-refractivity contribution >= 4 is 17.9 Å². The van der Waals surface area contributed by atoms with Crippen LogP contribution >= 0.6 is 0 Å². The third-order valence-electron chi connectivity index (χ3n) is 1.97. The summed E-state index contributed by atoms with van der Waals surface area (Å²) in [5.41, 5.74) is 0. The van der Waals surface area contributed by atoms with Gasteiger partial charge in [0.1, 0.15) is 0 Å². The van der Waals surface area contributed by atoms with Crippen molar-refractivity contribution < 1.29 is 19.5 Å². The zero-order valence-corrected chi connectivity index (χ0v) is 10.8. The summed E-state index contributed by atoms with van der Waals surface area (Å²) in [6.45, 7) is 4.70. The van der Waals surface area contributed by atoms with Gasteiger partial charge in [-0.2, -0.15) is 0 Å². The number of carbonyl (C=O) groups excluding carboxylic acids is 2. The molecule has 0 unspecified atom stereocenters. The number of urea groups is 1. The highest BCUT2D eigenvalue weighted by Gasteiger charge is 2.05. The number of carbonyl (C=O) groups is 3. The van der Waals surface area contributed by atoms with Crippen molar-refractivity contribution in [1.82, 2.24) is 16.0 Å². The maximum atomic E-state index is 11.2. The number of carboxylic acid groups (broad SMARTS) is 1. The van der Waals surface area contributed by atoms with Crippen molar-refractivity contribution in [3.63, 3.8) is 0 Å². The van der Waals surface area contributed by atoms with E-state index in [2.05, 4.69) is 16.0 Å². The minimum absolute atomic E-state index is 0.00908. The molecule has 0 spiro atoms. The van der Waals surface area contributed by atoms with Crippen LogP contribution in [0.2, 0.25) is 0 Å². The van der Waals surface area contributed by atoms with Crippen LogP contribution in [0, 0.1) is 5.92 Å². The molecule has 7 nitrogen and oxygen atoms in total. The minimum atomic E-state index is -0.898. The number of rotatable bonds is 8. The van der Waals surface area contributed by atoms with Crippen LogP contribution in [0.5, 0.6) is 0 Å². The predicted octanol–water partition coefficient (Wildman–Crippen LogP) is -0.0774. The maximum absolute atomic E-state index is 11.2. The van der Waals surface area contributed by atoms with Gasteiger partial charge < -0.3 is 21.1 Å². The van der Waals surface area contributed by atoms with Crippen molar-refractivity contribution in [2.75, 3.05) is 19.6 Å². The molecule has 0 radical (unpaired) electrons. The number of nitrogens with one attached hydrogen (secondary N) is 3. The van der Waals surface area contributed by atoms with E-state index < -0.39 is 12.0 Å². The van der Waals surface area contributed by atoms with E-state index in [1.807, 2.05) is 13.8 Å². The van der Waals surface area contributed by atoms with Crippen LogP contribution in [0.25, 0.3) is 0 Å². The van der Waals surface area contributed by atoms with Crippen LogP contribution in [-0.2, 0) is 9.59 Å². The summed E-state index contributed by atoms with van der Waals surface area (Å²) in [5, 5.41) is 15.9. The number of amides is 3. The molecule has 0 aromatic heterocycles. The van der Waals surface area contributed by atoms with E-state index in [1.54, 1.807) is 0 Å². The lowest BCUT2D eigenvalue weighted by Crippen LogP contribution is -2.43. The molecular weight excluding hydrogens is 238 g/mol. The molecule has 0 bridgehead atoms. The highest BCUT2D eigenvalue weighted by Crippen LogP contribution is 1.87. The molecule has 4 N–H and O–H groups in total. The number of hydrogen-bond acceptors (Lipinski definition) is 3. The van der Waals surface area contributed by atoms with Crippen LogP contribution in [0.4, 0.5) is 4.79 Å². The second kappa shape index (κ2) is 9.26. The van der Waals surface area contributed by atoms with E-state index in [0.717, 1.165) is 0 Å². The largest absolute Gasteiger partial charge is 0.481 e. The van der Waals surface area contributed by atoms with Crippen LogP contribution < -0.4 is 16.0 Å². The van der Waals surface area contributed by atoms with Crippen molar-refractivity contribution in [2.24, 2.45) is 5.92 Å². The third kappa shape index (κ3) is 10.7. The summed E-state index contributed by atoms with van der Waals surface area (Å²) >= 11 is 0. The van der Waals surface area contributed by atoms with E-state index in [0.29, 0.717) is 18.9 Å². The second-order valence-electron chi connectivity index (χ2n) is 4.30. The molecule has 104 valence electrons. The average molecular weight is 259 g/mol. The van der Waals surface area contributed by atoms with E-state index in [-0.39, 0.29) is 25.4 Å². The van der Waals surface area contributed by atoms with Crippen molar-refractivity contribution in [3.05, 3.63) is 0 Å². The SMILES string of the molecule is CC(C)CNC(=O)CNC(=O)NCCCC(=O)O. The Morgan fingerprint density at radius 3 is 2.33 bits per heavy atom. The van der Waals surface area contributed by atoms with Gasteiger partial charge in [0.2, 0.25) is 5.91 Å². The maximum Gasteiger partial charge on any atom is 0.315 e. The van der Waals surface area contributed by atoms with Gasteiger partial charge in [-0.3, -0.25) is 9.59 Å². The minimum Gasteiger partial charge on any atom is -0.481 e. The van der Waals surface area contributed by atoms with E-state index >= 15 is 0 Å². The summed E-state index contributed by atoms with van der Waals surface area (Å²) < 4.78 is 0. The molecule has 0 rings (SSSR count). The Labute approximate surface area is 106 Å². The Morgan fingerprint density at radius 2 is 1.78 bits per heavy atom. The molecule has 0 saturated carbocycles. The molecule has 3 amide bonds. The molecule has 0 aromatic carbocycles. The van der Waals surface area contributed by atoms with Crippen molar-refractivity contribution in [2.45, 2.75) is 26.7 Å². The molecular formula is C11H21N3O4. The molecule has 0 aliphatic carbocycles. The van der Waals surface area contributed by atoms with Crippen molar-refractivity contribution in [1.29, 1.82) is 0 Å². The van der Waals surface area contributed by atoms with Gasteiger partial charge in [0.05, 0.1) is 6.54 Å². The molecule has 7 heteroatoms. The van der Waals surface area contributed by atoms with Crippen LogP contribution in [0.1, 0.15) is 26.7 Å². The number of hydrogen-bond donors (Lipinski definition) is 4. The zero-order chi connectivity index (χ0) is 14.0. The smallest absolute Gasteiger partial charge is 0.315 e. The van der Waals surface area contributed by atoms with Gasteiger partial charge in [0.15, 0.2) is 0 Å². The molecule has 18 heavy (non-hydrogen) atoms. The topological polar surface area (TPSA) is 108 Å². The summed E-state index contributed by atoms with van der Waals surface area (Å²) in [7, 11) is 0. The Balaban J connectivity index is 3.52. The fourth-order valence-electron chi connectivity index (χ4n) is 1.05. The van der Waals surface area contributed by atoms with Crippen molar-refractivity contribution in [3.8, 4) is 0 Å². The molecule has 0 aliphatic rings. The van der Waals surface area contributed by atoms with Crippen LogP contribution in [0.3, 0.4) is 0 Å². The Bertz CT molecular complexity index is 292. The molecule has 0 aliphatic heterocycles. The fraction of sp³-hybridized carbons (Fsp3) is 0.727. The average Bonchev–Trinajstić information content (AvgIpc) is 2.29. The van der Waals surface area contributed by atoms with Crippen LogP contribution in [0.15, 0.2) is 0 Å². The lowest BCUT2D eigenvalue weighted by molar-refractivity contribution is -0.137. The third-order valence-corrected chi connectivity index (χ3v) is 1.97. The molecule has 0 atom stereocenters. The number of carboxylic acids is 1.